The molecule has 0 aliphatic carbocycles. The average molecular weight is 193 g/mol. The zero-order valence-electron chi connectivity index (χ0n) is 7.23. The van der Waals surface area contributed by atoms with Crippen LogP contribution in [0.1, 0.15) is 19.8 Å². The molecule has 1 heterocycles. The lowest BCUT2D eigenvalue weighted by molar-refractivity contribution is 0.237. The first-order chi connectivity index (χ1) is 5.54. The highest BCUT2D eigenvalue weighted by atomic mass is 32.2. The third kappa shape index (κ3) is 2.43. The second-order valence-corrected chi connectivity index (χ2v) is 4.85. The number of piperidine rings is 1. The topological polar surface area (TPSA) is 57.6 Å². The maximum atomic E-state index is 10.7. The highest BCUT2D eigenvalue weighted by molar-refractivity contribution is 7.86. The Kier molecular flexibility index (Phi) is 3.09. The summed E-state index contributed by atoms with van der Waals surface area (Å²) in [6, 6.07) is 0. The minimum absolute atomic E-state index is 0.528. The molecule has 0 spiro atoms. The van der Waals surface area contributed by atoms with Gasteiger partial charge in [0.15, 0.2) is 0 Å². The molecule has 4 nitrogen and oxygen atoms in total. The van der Waals surface area contributed by atoms with Gasteiger partial charge in [-0.05, 0) is 32.5 Å². The molecule has 0 unspecified atom stereocenters. The second-order valence-electron chi connectivity index (χ2n) is 3.15. The quantitative estimate of drug-likeness (QED) is 0.643. The lowest BCUT2D eigenvalue weighted by Crippen LogP contribution is -2.38. The normalized spacial score (nSPS) is 22.8. The van der Waals surface area contributed by atoms with E-state index in [9.17, 15) is 8.42 Å². The summed E-state index contributed by atoms with van der Waals surface area (Å²) in [5, 5.41) is -0.528. The van der Waals surface area contributed by atoms with Gasteiger partial charge in [0.1, 0.15) is 0 Å². The Morgan fingerprint density at radius 2 is 1.92 bits per heavy atom. The molecule has 0 aromatic rings. The molecule has 1 aliphatic heterocycles. The van der Waals surface area contributed by atoms with Gasteiger partial charge in [-0.1, -0.05) is 6.92 Å². The Labute approximate surface area is 73.3 Å². The van der Waals surface area contributed by atoms with Gasteiger partial charge >= 0.3 is 0 Å². The van der Waals surface area contributed by atoms with Crippen molar-refractivity contribution in [2.75, 3.05) is 19.6 Å². The van der Waals surface area contributed by atoms with Crippen molar-refractivity contribution in [2.45, 2.75) is 25.0 Å². The Morgan fingerprint density at radius 3 is 2.25 bits per heavy atom. The van der Waals surface area contributed by atoms with E-state index in [1.165, 1.54) is 0 Å². The van der Waals surface area contributed by atoms with Crippen LogP contribution < -0.4 is 0 Å². The predicted octanol–water partition coefficient (Wildman–Crippen LogP) is 0.358. The Bertz CT molecular complexity index is 229. The highest BCUT2D eigenvalue weighted by Gasteiger charge is 2.27. The van der Waals surface area contributed by atoms with Gasteiger partial charge in [0.25, 0.3) is 10.1 Å². The van der Waals surface area contributed by atoms with E-state index in [0.717, 1.165) is 19.6 Å². The Hall–Kier alpha value is -0.130. The van der Waals surface area contributed by atoms with Crippen LogP contribution in [0.3, 0.4) is 0 Å². The summed E-state index contributed by atoms with van der Waals surface area (Å²) in [7, 11) is -3.78. The molecule has 0 radical (unpaired) electrons. The molecule has 12 heavy (non-hydrogen) atoms. The van der Waals surface area contributed by atoms with E-state index in [1.54, 1.807) is 0 Å². The molecular weight excluding hydrogens is 178 g/mol. The van der Waals surface area contributed by atoms with Gasteiger partial charge in [-0.25, -0.2) is 0 Å². The Morgan fingerprint density at radius 1 is 1.42 bits per heavy atom. The Balaban J connectivity index is 2.47. The van der Waals surface area contributed by atoms with Gasteiger partial charge in [-0.3, -0.25) is 4.55 Å². The summed E-state index contributed by atoms with van der Waals surface area (Å²) in [6.45, 7) is 4.56. The molecule has 0 atom stereocenters. The summed E-state index contributed by atoms with van der Waals surface area (Å²) < 4.78 is 30.2. The summed E-state index contributed by atoms with van der Waals surface area (Å²) in [6.07, 6.45) is 1.12. The lowest BCUT2D eigenvalue weighted by atomic mass is 10.1. The lowest BCUT2D eigenvalue weighted by Gasteiger charge is -2.29. The van der Waals surface area contributed by atoms with Crippen LogP contribution >= 0.6 is 0 Å². The van der Waals surface area contributed by atoms with Crippen LogP contribution in [0.25, 0.3) is 0 Å². The summed E-state index contributed by atoms with van der Waals surface area (Å²) in [4.78, 5) is 2.18. The maximum Gasteiger partial charge on any atom is 0.267 e. The fourth-order valence-electron chi connectivity index (χ4n) is 1.52. The molecule has 5 heteroatoms. The van der Waals surface area contributed by atoms with Crippen LogP contribution in [0.5, 0.6) is 0 Å². The number of nitrogens with zero attached hydrogens (tertiary/aromatic N) is 1. The van der Waals surface area contributed by atoms with Crippen molar-refractivity contribution in [1.82, 2.24) is 4.90 Å². The van der Waals surface area contributed by atoms with Crippen molar-refractivity contribution >= 4 is 10.1 Å². The van der Waals surface area contributed by atoms with Crippen molar-refractivity contribution in [3.63, 3.8) is 0 Å². The van der Waals surface area contributed by atoms with E-state index < -0.39 is 15.4 Å². The van der Waals surface area contributed by atoms with Crippen molar-refractivity contribution in [2.24, 2.45) is 0 Å². The van der Waals surface area contributed by atoms with E-state index in [0.29, 0.717) is 12.8 Å². The van der Waals surface area contributed by atoms with Crippen LogP contribution in [0.15, 0.2) is 0 Å². The molecule has 1 rings (SSSR count). The van der Waals surface area contributed by atoms with E-state index in [1.807, 2.05) is 6.92 Å². The summed E-state index contributed by atoms with van der Waals surface area (Å²) in [5.74, 6) is 0. The third-order valence-corrected chi connectivity index (χ3v) is 3.72. The fraction of sp³-hybridized carbons (Fsp3) is 1.00. The molecule has 0 saturated carbocycles. The van der Waals surface area contributed by atoms with Gasteiger partial charge in [0.2, 0.25) is 0 Å². The van der Waals surface area contributed by atoms with Crippen LogP contribution in [0.2, 0.25) is 0 Å². The minimum atomic E-state index is -3.78. The molecule has 1 fully saturated rings. The molecule has 1 aliphatic rings. The van der Waals surface area contributed by atoms with E-state index in [2.05, 4.69) is 4.90 Å². The number of hydrogen-bond donors (Lipinski definition) is 1. The number of hydrogen-bond acceptors (Lipinski definition) is 3. The van der Waals surface area contributed by atoms with E-state index in [-0.39, 0.29) is 0 Å². The molecule has 0 aromatic heterocycles. The molecule has 0 bridgehead atoms. The van der Waals surface area contributed by atoms with Gasteiger partial charge in [-0.2, -0.15) is 8.42 Å². The zero-order chi connectivity index (χ0) is 9.19. The van der Waals surface area contributed by atoms with Crippen LogP contribution in [-0.4, -0.2) is 42.8 Å². The van der Waals surface area contributed by atoms with Crippen molar-refractivity contribution < 1.29 is 13.0 Å². The largest absolute Gasteiger partial charge is 0.304 e. The first-order valence-electron chi connectivity index (χ1n) is 4.22. The third-order valence-electron chi connectivity index (χ3n) is 2.40. The molecule has 72 valence electrons. The van der Waals surface area contributed by atoms with Gasteiger partial charge < -0.3 is 4.90 Å². The molecule has 0 amide bonds. The summed E-state index contributed by atoms with van der Waals surface area (Å²) in [5.41, 5.74) is 0. The first-order valence-corrected chi connectivity index (χ1v) is 5.73. The van der Waals surface area contributed by atoms with Gasteiger partial charge in [0, 0.05) is 0 Å². The smallest absolute Gasteiger partial charge is 0.267 e. The van der Waals surface area contributed by atoms with Gasteiger partial charge in [-0.15, -0.1) is 0 Å². The minimum Gasteiger partial charge on any atom is -0.304 e. The monoisotopic (exact) mass is 193 g/mol. The maximum absolute atomic E-state index is 10.7. The van der Waals surface area contributed by atoms with Crippen molar-refractivity contribution in [1.29, 1.82) is 0 Å². The van der Waals surface area contributed by atoms with Crippen LogP contribution in [-0.2, 0) is 10.1 Å². The van der Waals surface area contributed by atoms with E-state index >= 15 is 0 Å². The predicted molar refractivity (Wildman–Crippen MR) is 46.7 cm³/mol. The van der Waals surface area contributed by atoms with E-state index in [4.69, 9.17) is 4.55 Å². The fourth-order valence-corrected chi connectivity index (χ4v) is 2.33. The van der Waals surface area contributed by atoms with Gasteiger partial charge in [0.05, 0.1) is 5.25 Å². The SMILES string of the molecule is CCN1CCC(S(=O)(=O)O)CC1. The highest BCUT2D eigenvalue weighted by Crippen LogP contribution is 2.16. The second kappa shape index (κ2) is 3.72. The average Bonchev–Trinajstić information content (AvgIpc) is 2.03. The first kappa shape index (κ1) is 9.95. The standard InChI is InChI=1S/C7H15NO3S/c1-2-8-5-3-7(4-6-8)12(9,10)11/h7H,2-6H2,1H3,(H,9,10,11). The molecular formula is C7H15NO3S. The molecule has 1 saturated heterocycles. The summed E-state index contributed by atoms with van der Waals surface area (Å²) >= 11 is 0. The molecule has 1 N–H and O–H groups in total. The number of likely N-dealkylation sites (tertiary alicyclic amines) is 1. The van der Waals surface area contributed by atoms with Crippen LogP contribution in [0, 0.1) is 0 Å². The van der Waals surface area contributed by atoms with Crippen molar-refractivity contribution in [3.8, 4) is 0 Å². The van der Waals surface area contributed by atoms with Crippen LogP contribution in [0.4, 0.5) is 0 Å². The zero-order valence-corrected chi connectivity index (χ0v) is 8.05. The van der Waals surface area contributed by atoms with Crippen molar-refractivity contribution in [3.05, 3.63) is 0 Å². The number of rotatable bonds is 2. The molecule has 0 aromatic carbocycles.